The van der Waals surface area contributed by atoms with Crippen LogP contribution in [0.1, 0.15) is 43.0 Å². The van der Waals surface area contributed by atoms with Crippen molar-refractivity contribution in [3.8, 4) is 5.75 Å². The lowest BCUT2D eigenvalue weighted by Gasteiger charge is -2.30. The Bertz CT molecular complexity index is 521. The molecule has 2 rings (SSSR count). The van der Waals surface area contributed by atoms with Crippen LogP contribution in [0, 0.1) is 5.92 Å². The first-order chi connectivity index (χ1) is 10.1. The second kappa shape index (κ2) is 7.26. The second-order valence-corrected chi connectivity index (χ2v) is 5.85. The Hall–Kier alpha value is -1.82. The molecule has 0 saturated heterocycles. The van der Waals surface area contributed by atoms with Crippen molar-refractivity contribution >= 4 is 23.2 Å². The summed E-state index contributed by atoms with van der Waals surface area (Å²) in [7, 11) is 0. The molecule has 0 unspecified atom stereocenters. The highest BCUT2D eigenvalue weighted by Gasteiger charge is 2.21. The quantitative estimate of drug-likeness (QED) is 0.497. The smallest absolute Gasteiger partial charge is 0.273 e. The number of aromatic hydroxyl groups is 1. The summed E-state index contributed by atoms with van der Waals surface area (Å²) in [5.74, 6) is 0.0953. The maximum Gasteiger partial charge on any atom is 0.273 e. The summed E-state index contributed by atoms with van der Waals surface area (Å²) in [5.41, 5.74) is 5.38. The fraction of sp³-hybridized carbons (Fsp3) is 0.467. The zero-order valence-corrected chi connectivity index (χ0v) is 12.9. The third kappa shape index (κ3) is 4.32. The summed E-state index contributed by atoms with van der Waals surface area (Å²) in [6, 6.07) is 6.72. The van der Waals surface area contributed by atoms with E-state index in [4.69, 9.17) is 12.2 Å². The molecule has 4 N–H and O–H groups in total. The fourth-order valence-corrected chi connectivity index (χ4v) is 2.78. The van der Waals surface area contributed by atoms with E-state index < -0.39 is 5.91 Å². The molecule has 0 bridgehead atoms. The molecule has 0 heterocycles. The molecule has 2 atom stereocenters. The Morgan fingerprint density at radius 3 is 2.67 bits per heavy atom. The Morgan fingerprint density at radius 2 is 1.95 bits per heavy atom. The fourth-order valence-electron chi connectivity index (χ4n) is 2.58. The predicted octanol–water partition coefficient (Wildman–Crippen LogP) is 2.08. The van der Waals surface area contributed by atoms with Gasteiger partial charge in [-0.25, -0.2) is 0 Å². The van der Waals surface area contributed by atoms with E-state index in [1.165, 1.54) is 25.3 Å². The van der Waals surface area contributed by atoms with Crippen LogP contribution in [0.5, 0.6) is 5.75 Å². The number of benzene rings is 1. The molecule has 0 spiro atoms. The summed E-state index contributed by atoms with van der Waals surface area (Å²) in [5, 5.41) is 13.2. The van der Waals surface area contributed by atoms with Crippen molar-refractivity contribution in [2.45, 2.75) is 38.6 Å². The lowest BCUT2D eigenvalue weighted by atomic mass is 9.86. The van der Waals surface area contributed by atoms with E-state index in [0.717, 1.165) is 6.42 Å². The minimum Gasteiger partial charge on any atom is -0.507 e. The summed E-state index contributed by atoms with van der Waals surface area (Å²) >= 11 is 5.19. The normalized spacial score (nSPS) is 21.4. The molecule has 0 radical (unpaired) electrons. The highest BCUT2D eigenvalue weighted by atomic mass is 32.1. The second-order valence-electron chi connectivity index (χ2n) is 5.44. The number of phenolic OH excluding ortho intramolecular Hbond substituents is 1. The van der Waals surface area contributed by atoms with Gasteiger partial charge >= 0.3 is 0 Å². The SMILES string of the molecule is C[C@@H]1CCCC[C@@H]1NC(=S)NNC(=O)c1ccccc1O. The summed E-state index contributed by atoms with van der Waals surface area (Å²) in [6.45, 7) is 2.21. The molecule has 114 valence electrons. The lowest BCUT2D eigenvalue weighted by molar-refractivity contribution is 0.0940. The van der Waals surface area contributed by atoms with Crippen LogP contribution in [0.2, 0.25) is 0 Å². The molecule has 1 aromatic carbocycles. The average molecular weight is 307 g/mol. The van der Waals surface area contributed by atoms with E-state index in [2.05, 4.69) is 23.1 Å². The number of carbonyl (C=O) groups is 1. The molecule has 0 aromatic heterocycles. The van der Waals surface area contributed by atoms with Crippen LogP contribution in [-0.4, -0.2) is 22.2 Å². The van der Waals surface area contributed by atoms with Crippen LogP contribution >= 0.6 is 12.2 Å². The van der Waals surface area contributed by atoms with Gasteiger partial charge in [-0.3, -0.25) is 15.6 Å². The van der Waals surface area contributed by atoms with Crippen molar-refractivity contribution in [2.75, 3.05) is 0 Å². The van der Waals surface area contributed by atoms with Gasteiger partial charge in [0.2, 0.25) is 0 Å². The minimum absolute atomic E-state index is 0.0587. The number of nitrogens with one attached hydrogen (secondary N) is 3. The zero-order valence-electron chi connectivity index (χ0n) is 12.1. The van der Waals surface area contributed by atoms with Gasteiger partial charge in [0, 0.05) is 6.04 Å². The van der Waals surface area contributed by atoms with Crippen LogP contribution < -0.4 is 16.2 Å². The third-order valence-corrected chi connectivity index (χ3v) is 4.09. The molecule has 1 amide bonds. The van der Waals surface area contributed by atoms with Gasteiger partial charge in [-0.2, -0.15) is 0 Å². The molecule has 6 heteroatoms. The summed E-state index contributed by atoms with van der Waals surface area (Å²) in [4.78, 5) is 11.9. The van der Waals surface area contributed by atoms with Crippen LogP contribution in [0.15, 0.2) is 24.3 Å². The number of amides is 1. The van der Waals surface area contributed by atoms with Crippen LogP contribution in [0.25, 0.3) is 0 Å². The highest BCUT2D eigenvalue weighted by molar-refractivity contribution is 7.80. The van der Waals surface area contributed by atoms with Crippen LogP contribution in [-0.2, 0) is 0 Å². The molecule has 1 aromatic rings. The number of hydrogen-bond acceptors (Lipinski definition) is 3. The first-order valence-corrected chi connectivity index (χ1v) is 7.63. The number of carbonyl (C=O) groups excluding carboxylic acids is 1. The van der Waals surface area contributed by atoms with Gasteiger partial charge in [0.15, 0.2) is 5.11 Å². The van der Waals surface area contributed by atoms with E-state index >= 15 is 0 Å². The topological polar surface area (TPSA) is 73.4 Å². The Balaban J connectivity index is 1.81. The molecule has 21 heavy (non-hydrogen) atoms. The summed E-state index contributed by atoms with van der Waals surface area (Å²) in [6.07, 6.45) is 4.76. The molecule has 1 aliphatic carbocycles. The van der Waals surface area contributed by atoms with E-state index in [-0.39, 0.29) is 11.3 Å². The molecule has 5 nitrogen and oxygen atoms in total. The maximum absolute atomic E-state index is 11.9. The number of phenols is 1. The minimum atomic E-state index is -0.422. The van der Waals surface area contributed by atoms with Gasteiger partial charge < -0.3 is 10.4 Å². The van der Waals surface area contributed by atoms with Crippen molar-refractivity contribution < 1.29 is 9.90 Å². The number of hydrogen-bond donors (Lipinski definition) is 4. The Kier molecular flexibility index (Phi) is 5.38. The first-order valence-electron chi connectivity index (χ1n) is 7.23. The number of rotatable bonds is 2. The highest BCUT2D eigenvalue weighted by Crippen LogP contribution is 2.23. The van der Waals surface area contributed by atoms with Crippen molar-refractivity contribution in [2.24, 2.45) is 5.92 Å². The van der Waals surface area contributed by atoms with Gasteiger partial charge in [0.05, 0.1) is 5.56 Å². The number of hydrazine groups is 1. The first kappa shape index (κ1) is 15.6. The zero-order chi connectivity index (χ0) is 15.2. The molecule has 1 aliphatic rings. The van der Waals surface area contributed by atoms with Gasteiger partial charge in [0.25, 0.3) is 5.91 Å². The van der Waals surface area contributed by atoms with Gasteiger partial charge in [-0.05, 0) is 43.1 Å². The molecular weight excluding hydrogens is 286 g/mol. The third-order valence-electron chi connectivity index (χ3n) is 3.87. The standard InChI is InChI=1S/C15H21N3O2S/c1-10-6-2-4-8-12(10)16-15(21)18-17-14(20)11-7-3-5-9-13(11)19/h3,5,7,9-10,12,19H,2,4,6,8H2,1H3,(H,17,20)(H2,16,18,21)/t10-,12+/m1/s1. The van der Waals surface area contributed by atoms with Crippen LogP contribution in [0.3, 0.4) is 0 Å². The maximum atomic E-state index is 11.9. The van der Waals surface area contributed by atoms with Crippen molar-refractivity contribution in [3.63, 3.8) is 0 Å². The van der Waals surface area contributed by atoms with Crippen molar-refractivity contribution in [1.82, 2.24) is 16.2 Å². The number of thiocarbonyl (C=S) groups is 1. The van der Waals surface area contributed by atoms with Crippen molar-refractivity contribution in [3.05, 3.63) is 29.8 Å². The van der Waals surface area contributed by atoms with E-state index in [1.807, 2.05) is 0 Å². The lowest BCUT2D eigenvalue weighted by Crippen LogP contribution is -2.51. The Labute approximate surface area is 130 Å². The van der Waals surface area contributed by atoms with E-state index in [9.17, 15) is 9.90 Å². The van der Waals surface area contributed by atoms with Crippen LogP contribution in [0.4, 0.5) is 0 Å². The molecular formula is C15H21N3O2S. The largest absolute Gasteiger partial charge is 0.507 e. The van der Waals surface area contributed by atoms with E-state index in [1.54, 1.807) is 18.2 Å². The molecule has 1 fully saturated rings. The van der Waals surface area contributed by atoms with Gasteiger partial charge in [-0.1, -0.05) is 31.9 Å². The Morgan fingerprint density at radius 1 is 1.24 bits per heavy atom. The average Bonchev–Trinajstić information content (AvgIpc) is 2.48. The van der Waals surface area contributed by atoms with E-state index in [0.29, 0.717) is 17.1 Å². The summed E-state index contributed by atoms with van der Waals surface area (Å²) < 4.78 is 0. The number of para-hydroxylation sites is 1. The van der Waals surface area contributed by atoms with Crippen molar-refractivity contribution in [1.29, 1.82) is 0 Å². The van der Waals surface area contributed by atoms with Gasteiger partial charge in [-0.15, -0.1) is 0 Å². The molecule has 1 saturated carbocycles. The monoisotopic (exact) mass is 307 g/mol. The molecule has 0 aliphatic heterocycles. The predicted molar refractivity (Wildman–Crippen MR) is 85.9 cm³/mol. The van der Waals surface area contributed by atoms with Gasteiger partial charge in [0.1, 0.15) is 5.75 Å².